The van der Waals surface area contributed by atoms with E-state index >= 15 is 0 Å². The number of rotatable bonds is 15. The molecule has 0 bridgehead atoms. The summed E-state index contributed by atoms with van der Waals surface area (Å²) in [4.78, 5) is 9.03. The second kappa shape index (κ2) is 15.8. The van der Waals surface area contributed by atoms with Crippen LogP contribution < -0.4 is 0 Å². The fraction of sp³-hybridized carbons (Fsp3) is 0.462. The van der Waals surface area contributed by atoms with E-state index < -0.39 is 0 Å². The molecular weight excluding hydrogens is 340 g/mol. The summed E-state index contributed by atoms with van der Waals surface area (Å²) in [5.74, 6) is 0. The summed E-state index contributed by atoms with van der Waals surface area (Å²) < 4.78 is 0. The highest BCUT2D eigenvalue weighted by Crippen LogP contribution is 2.10. The van der Waals surface area contributed by atoms with Crippen molar-refractivity contribution in [3.05, 3.63) is 71.8 Å². The van der Waals surface area contributed by atoms with Crippen LogP contribution in [0.1, 0.15) is 75.3 Å². The van der Waals surface area contributed by atoms with Crippen molar-refractivity contribution >= 4 is 12.4 Å². The Morgan fingerprint density at radius 1 is 0.429 bits per heavy atom. The Bertz CT molecular complexity index is 587. The van der Waals surface area contributed by atoms with Gasteiger partial charge in [0.25, 0.3) is 0 Å². The van der Waals surface area contributed by atoms with Crippen LogP contribution in [0.3, 0.4) is 0 Å². The van der Waals surface area contributed by atoms with Crippen LogP contribution in [0.5, 0.6) is 0 Å². The van der Waals surface area contributed by atoms with Crippen LogP contribution in [0.25, 0.3) is 0 Å². The Labute approximate surface area is 171 Å². The van der Waals surface area contributed by atoms with Gasteiger partial charge in [-0.2, -0.15) is 0 Å². The second-order valence-electron chi connectivity index (χ2n) is 7.43. The highest BCUT2D eigenvalue weighted by molar-refractivity contribution is 5.79. The average Bonchev–Trinajstić information content (AvgIpc) is 2.75. The molecule has 0 saturated heterocycles. The number of aliphatic imine (C=N–C) groups is 2. The second-order valence-corrected chi connectivity index (χ2v) is 7.43. The van der Waals surface area contributed by atoms with Crippen LogP contribution in [0.4, 0.5) is 0 Å². The summed E-state index contributed by atoms with van der Waals surface area (Å²) in [6.45, 7) is 1.92. The molecule has 0 aliphatic rings. The van der Waals surface area contributed by atoms with Crippen molar-refractivity contribution < 1.29 is 0 Å². The van der Waals surface area contributed by atoms with Crippen LogP contribution in [-0.2, 0) is 0 Å². The summed E-state index contributed by atoms with van der Waals surface area (Å²) in [5.41, 5.74) is 2.40. The Kier molecular flexibility index (Phi) is 12.5. The van der Waals surface area contributed by atoms with E-state index in [-0.39, 0.29) is 0 Å². The molecule has 2 rings (SSSR count). The van der Waals surface area contributed by atoms with Gasteiger partial charge in [-0.3, -0.25) is 9.98 Å². The van der Waals surface area contributed by atoms with Crippen molar-refractivity contribution in [2.24, 2.45) is 9.98 Å². The van der Waals surface area contributed by atoms with Gasteiger partial charge in [-0.1, -0.05) is 112 Å². The van der Waals surface area contributed by atoms with E-state index in [0.717, 1.165) is 13.1 Å². The van der Waals surface area contributed by atoms with Gasteiger partial charge in [0.2, 0.25) is 0 Å². The minimum atomic E-state index is 0.960. The van der Waals surface area contributed by atoms with Crippen molar-refractivity contribution in [3.8, 4) is 0 Å². The molecule has 150 valence electrons. The minimum absolute atomic E-state index is 0.960. The molecular formula is C26H36N2. The third-order valence-electron chi connectivity index (χ3n) is 4.90. The Morgan fingerprint density at radius 2 is 0.750 bits per heavy atom. The van der Waals surface area contributed by atoms with Gasteiger partial charge in [0.1, 0.15) is 0 Å². The predicted octanol–water partition coefficient (Wildman–Crippen LogP) is 7.13. The lowest BCUT2D eigenvalue weighted by Gasteiger charge is -2.02. The van der Waals surface area contributed by atoms with Gasteiger partial charge in [-0.05, 0) is 24.0 Å². The van der Waals surface area contributed by atoms with Crippen LogP contribution in [0, 0.1) is 0 Å². The summed E-state index contributed by atoms with van der Waals surface area (Å²) >= 11 is 0. The maximum absolute atomic E-state index is 4.51. The third kappa shape index (κ3) is 11.5. The van der Waals surface area contributed by atoms with Gasteiger partial charge in [0.15, 0.2) is 0 Å². The molecule has 0 radical (unpaired) electrons. The first kappa shape index (κ1) is 22.1. The fourth-order valence-electron chi connectivity index (χ4n) is 3.24. The Balaban J connectivity index is 1.31. The maximum Gasteiger partial charge on any atom is 0.0389 e. The lowest BCUT2D eigenvalue weighted by atomic mass is 10.1. The molecule has 0 saturated carbocycles. The maximum atomic E-state index is 4.51. The van der Waals surface area contributed by atoms with E-state index in [1.807, 2.05) is 24.6 Å². The predicted molar refractivity (Wildman–Crippen MR) is 124 cm³/mol. The normalized spacial score (nSPS) is 11.6. The smallest absolute Gasteiger partial charge is 0.0389 e. The van der Waals surface area contributed by atoms with Crippen LogP contribution in [0.2, 0.25) is 0 Å². The van der Waals surface area contributed by atoms with Gasteiger partial charge in [-0.25, -0.2) is 0 Å². The van der Waals surface area contributed by atoms with Crippen molar-refractivity contribution in [3.63, 3.8) is 0 Å². The molecule has 0 aromatic heterocycles. The molecule has 2 nitrogen and oxygen atoms in total. The summed E-state index contributed by atoms with van der Waals surface area (Å²) in [6.07, 6.45) is 17.3. The lowest BCUT2D eigenvalue weighted by Crippen LogP contribution is -1.87. The molecule has 0 heterocycles. The highest BCUT2D eigenvalue weighted by Gasteiger charge is 1.93. The Hall–Kier alpha value is -2.22. The number of nitrogens with zero attached hydrogens (tertiary/aromatic N) is 2. The molecule has 0 aliphatic carbocycles. The molecule has 0 aliphatic heterocycles. The van der Waals surface area contributed by atoms with Crippen LogP contribution in [0.15, 0.2) is 70.6 Å². The number of unbranched alkanes of at least 4 members (excludes halogenated alkanes) is 9. The number of hydrogen-bond acceptors (Lipinski definition) is 2. The third-order valence-corrected chi connectivity index (χ3v) is 4.90. The largest absolute Gasteiger partial charge is 0.293 e. The zero-order valence-electron chi connectivity index (χ0n) is 17.3. The standard InChI is InChI=1S/C26H36N2/c1(3-5-7-15-21-27-23-25-17-11-9-12-18-25)2-4-6-8-16-22-28-24-26-19-13-10-14-20-26/h9-14,17-20,23-24H,1-8,15-16,21-22H2. The van der Waals surface area contributed by atoms with E-state index in [9.17, 15) is 0 Å². The first-order valence-corrected chi connectivity index (χ1v) is 11.0. The van der Waals surface area contributed by atoms with Gasteiger partial charge >= 0.3 is 0 Å². The van der Waals surface area contributed by atoms with Crippen molar-refractivity contribution in [2.45, 2.75) is 64.2 Å². The molecule has 0 amide bonds. The fourth-order valence-corrected chi connectivity index (χ4v) is 3.24. The molecule has 0 atom stereocenters. The SMILES string of the molecule is C(=NCCCCCCCCCCCCN=Cc1ccccc1)c1ccccc1. The minimum Gasteiger partial charge on any atom is -0.293 e. The van der Waals surface area contributed by atoms with E-state index in [1.165, 1.54) is 75.3 Å². The van der Waals surface area contributed by atoms with Crippen molar-refractivity contribution in [1.82, 2.24) is 0 Å². The van der Waals surface area contributed by atoms with Crippen molar-refractivity contribution in [2.75, 3.05) is 13.1 Å². The Morgan fingerprint density at radius 3 is 1.11 bits per heavy atom. The summed E-state index contributed by atoms with van der Waals surface area (Å²) in [5, 5.41) is 0. The highest BCUT2D eigenvalue weighted by atomic mass is 14.7. The number of benzene rings is 2. The molecule has 2 aromatic rings. The molecule has 28 heavy (non-hydrogen) atoms. The monoisotopic (exact) mass is 376 g/mol. The van der Waals surface area contributed by atoms with Crippen molar-refractivity contribution in [1.29, 1.82) is 0 Å². The lowest BCUT2D eigenvalue weighted by molar-refractivity contribution is 0.555. The van der Waals surface area contributed by atoms with Gasteiger partial charge in [0, 0.05) is 25.5 Å². The summed E-state index contributed by atoms with van der Waals surface area (Å²) in [6, 6.07) is 20.7. The number of hydrogen-bond donors (Lipinski definition) is 0. The van der Waals surface area contributed by atoms with Gasteiger partial charge in [-0.15, -0.1) is 0 Å². The van der Waals surface area contributed by atoms with Crippen LogP contribution >= 0.6 is 0 Å². The van der Waals surface area contributed by atoms with Gasteiger partial charge in [0.05, 0.1) is 0 Å². The molecule has 2 aromatic carbocycles. The first-order valence-electron chi connectivity index (χ1n) is 11.0. The molecule has 2 heteroatoms. The van der Waals surface area contributed by atoms with E-state index in [0.29, 0.717) is 0 Å². The quantitative estimate of drug-likeness (QED) is 0.233. The molecule has 0 fully saturated rings. The van der Waals surface area contributed by atoms with E-state index in [1.54, 1.807) is 0 Å². The topological polar surface area (TPSA) is 24.7 Å². The zero-order valence-corrected chi connectivity index (χ0v) is 17.3. The summed E-state index contributed by atoms with van der Waals surface area (Å²) in [7, 11) is 0. The van der Waals surface area contributed by atoms with Crippen LogP contribution in [-0.4, -0.2) is 25.5 Å². The van der Waals surface area contributed by atoms with E-state index in [2.05, 4.69) is 58.5 Å². The molecule has 0 unspecified atom stereocenters. The zero-order chi connectivity index (χ0) is 19.5. The van der Waals surface area contributed by atoms with E-state index in [4.69, 9.17) is 0 Å². The average molecular weight is 377 g/mol. The first-order chi connectivity index (χ1) is 13.9. The molecule has 0 N–H and O–H groups in total. The molecule has 0 spiro atoms. The van der Waals surface area contributed by atoms with Gasteiger partial charge < -0.3 is 0 Å².